The van der Waals surface area contributed by atoms with E-state index in [-0.39, 0.29) is 25.3 Å². The highest BCUT2D eigenvalue weighted by atomic mass is 32.2. The molecule has 0 bridgehead atoms. The number of fused-ring (bicyclic) bond motifs is 4. The molecule has 20 nitrogen and oxygen atoms in total. The third-order valence-electron chi connectivity index (χ3n) is 15.3. The molecule has 24 heteroatoms. The molecule has 0 fully saturated rings. The lowest BCUT2D eigenvalue weighted by molar-refractivity contribution is -0.416. The molecular weight excluding hydrogens is 1120 g/mol. The summed E-state index contributed by atoms with van der Waals surface area (Å²) in [5.41, 5.74) is 4.80. The zero-order valence-corrected chi connectivity index (χ0v) is 48.9. The van der Waals surface area contributed by atoms with Crippen LogP contribution in [0.3, 0.4) is 0 Å². The minimum absolute atomic E-state index is 0.0554. The molecule has 8 rings (SSSR count). The maximum Gasteiger partial charge on any atom is 0.307 e. The number of aliphatic carboxylic acids is 1. The Bertz CT molecular complexity index is 4020. The van der Waals surface area contributed by atoms with E-state index in [0.29, 0.717) is 78.9 Å². The average Bonchev–Trinajstić information content (AvgIpc) is 3.97. The number of allylic oxidation sites excluding steroid dienone is 10. The monoisotopic (exact) mass is 1180 g/mol. The predicted octanol–water partition coefficient (Wildman–Crippen LogP) is 5.97. The first kappa shape index (κ1) is 60.2. The van der Waals surface area contributed by atoms with E-state index in [1.807, 2.05) is 73.6 Å². The molecule has 0 aliphatic carbocycles. The predicted molar refractivity (Wildman–Crippen MR) is 301 cm³/mol. The van der Waals surface area contributed by atoms with Gasteiger partial charge in [0, 0.05) is 75.6 Å². The van der Waals surface area contributed by atoms with Crippen LogP contribution in [0.5, 0.6) is 0 Å². The van der Waals surface area contributed by atoms with Crippen molar-refractivity contribution in [1.29, 1.82) is 0 Å². The highest BCUT2D eigenvalue weighted by Crippen LogP contribution is 2.50. The number of anilines is 2. The van der Waals surface area contributed by atoms with Gasteiger partial charge in [-0.3, -0.25) is 9.59 Å². The quantitative estimate of drug-likeness (QED) is 0.0621. The maximum absolute atomic E-state index is 13.7. The van der Waals surface area contributed by atoms with Gasteiger partial charge in [-0.1, -0.05) is 101 Å². The molecule has 4 aromatic rings. The standard InChI is InChI=1S/C57H63N5O15S4/c1-54(2)40-15-12-13-16-44(40)59(33-78(66,67)68)50(54)19-14-20-51-57(7,8)43-29-39(23-26-47(43)62(51)36-81(75,76)77)32-58-52(63)30-37-21-24-45-41(27-37)55(3,4)48(60(45)34-79(69,70)71)17-10-9-11-18-49-56(5,6)42-28-38(31-53(64)65)22-25-46(42)61(49)35-80(72,73)74/h9-29H,30-36H2,1-8H3,(H4-2,58,63,64,65,66,67,68,69,70,71,72,73,74,75,76,77)/p-2. The molecular formula is C57H61N5O15S4-2. The van der Waals surface area contributed by atoms with E-state index in [0.717, 1.165) is 5.56 Å². The second-order valence-corrected chi connectivity index (χ2v) is 28.0. The number of amides is 1. The van der Waals surface area contributed by atoms with Crippen molar-refractivity contribution in [1.82, 2.24) is 5.32 Å². The van der Waals surface area contributed by atoms with Crippen molar-refractivity contribution in [2.45, 2.75) is 96.4 Å². The van der Waals surface area contributed by atoms with Gasteiger partial charge in [0.15, 0.2) is 31.7 Å². The first-order valence-electron chi connectivity index (χ1n) is 25.4. The highest BCUT2D eigenvalue weighted by Gasteiger charge is 2.47. The van der Waals surface area contributed by atoms with Crippen molar-refractivity contribution in [3.8, 4) is 0 Å². The molecule has 4 aliphatic heterocycles. The topological polar surface area (TPSA) is 308 Å². The summed E-state index contributed by atoms with van der Waals surface area (Å²) in [5, 5.41) is 12.3. The smallest absolute Gasteiger partial charge is 0.307 e. The van der Waals surface area contributed by atoms with Gasteiger partial charge in [-0.15, -0.1) is 0 Å². The summed E-state index contributed by atoms with van der Waals surface area (Å²) < 4.78 is 149. The fourth-order valence-electron chi connectivity index (χ4n) is 11.5. The van der Waals surface area contributed by atoms with Crippen LogP contribution >= 0.6 is 0 Å². The van der Waals surface area contributed by atoms with Crippen molar-refractivity contribution >= 4 is 86.5 Å². The van der Waals surface area contributed by atoms with Crippen LogP contribution in [0.2, 0.25) is 0 Å². The van der Waals surface area contributed by atoms with Gasteiger partial charge in [0.05, 0.1) is 23.7 Å². The third kappa shape index (κ3) is 12.8. The minimum atomic E-state index is -4.83. The fourth-order valence-corrected chi connectivity index (χ4v) is 13.9. The van der Waals surface area contributed by atoms with E-state index < -0.39 is 91.6 Å². The fraction of sp³-hybridized carbons (Fsp3) is 0.333. The van der Waals surface area contributed by atoms with E-state index in [9.17, 15) is 66.6 Å². The largest absolute Gasteiger partial charge is 0.747 e. The maximum atomic E-state index is 13.7. The van der Waals surface area contributed by atoms with Crippen LogP contribution in [0.1, 0.15) is 94.3 Å². The van der Waals surface area contributed by atoms with Crippen LogP contribution in [0, 0.1) is 0 Å². The van der Waals surface area contributed by atoms with Crippen LogP contribution in [-0.2, 0) is 91.1 Å². The minimum Gasteiger partial charge on any atom is -0.747 e. The van der Waals surface area contributed by atoms with Gasteiger partial charge in [-0.05, 0) is 85.9 Å². The summed E-state index contributed by atoms with van der Waals surface area (Å²) in [6, 6.07) is 22.2. The lowest BCUT2D eigenvalue weighted by atomic mass is 9.80. The lowest BCUT2D eigenvalue weighted by Crippen LogP contribution is -2.31. The van der Waals surface area contributed by atoms with Crippen molar-refractivity contribution in [2.24, 2.45) is 0 Å². The Morgan fingerprint density at radius 2 is 0.963 bits per heavy atom. The summed E-state index contributed by atoms with van der Waals surface area (Å²) in [7, 11) is -19.1. The van der Waals surface area contributed by atoms with E-state index in [2.05, 4.69) is 5.32 Å². The number of hydrogen-bond acceptors (Lipinski definition) is 16. The van der Waals surface area contributed by atoms with E-state index >= 15 is 0 Å². The van der Waals surface area contributed by atoms with Crippen molar-refractivity contribution in [3.05, 3.63) is 178 Å². The van der Waals surface area contributed by atoms with Gasteiger partial charge in [0.1, 0.15) is 32.0 Å². The number of benzene rings is 4. The summed E-state index contributed by atoms with van der Waals surface area (Å²) in [6.45, 7) is 14.9. The normalized spacial score (nSPS) is 19.2. The Morgan fingerprint density at radius 1 is 0.519 bits per heavy atom. The van der Waals surface area contributed by atoms with Gasteiger partial charge < -0.3 is 38.4 Å². The molecule has 0 radical (unpaired) electrons. The van der Waals surface area contributed by atoms with Crippen molar-refractivity contribution in [2.75, 3.05) is 33.3 Å². The SMILES string of the molecule is CC1(C)C(=CC=CC2=[N+](CS(=O)(=O)[O-])c3ccccc3C2(C)C)N(CS(=O)(=O)[O-])c2ccc(CNC(=O)Cc3ccc4c(c3)C(C)(C)C(/C=C/C=C/C=C3/N(CS(=O)(=O)[O-])c5ccc(CC(=O)O)cc5C3(C)C)=[N+]4CS(=O)(=O)[O-])cc21. The number of hydrogen-bond donors (Lipinski definition) is 2. The van der Waals surface area contributed by atoms with E-state index in [4.69, 9.17) is 0 Å². The van der Waals surface area contributed by atoms with Gasteiger partial charge in [-0.2, -0.15) is 9.15 Å². The first-order valence-corrected chi connectivity index (χ1v) is 31.7. The van der Waals surface area contributed by atoms with Crippen LogP contribution in [0.15, 0.2) is 139 Å². The molecule has 1 amide bonds. The Balaban J connectivity index is 0.998. The molecule has 0 aromatic heterocycles. The van der Waals surface area contributed by atoms with Crippen LogP contribution in [0.25, 0.3) is 0 Å². The summed E-state index contributed by atoms with van der Waals surface area (Å²) in [6.07, 6.45) is 12.7. The van der Waals surface area contributed by atoms with Crippen molar-refractivity contribution in [3.63, 3.8) is 0 Å². The number of carboxylic acids is 1. The summed E-state index contributed by atoms with van der Waals surface area (Å²) in [5.74, 6) is -4.89. The lowest BCUT2D eigenvalue weighted by Gasteiger charge is -2.27. The number of nitrogens with zero attached hydrogens (tertiary/aromatic N) is 4. The molecule has 81 heavy (non-hydrogen) atoms. The van der Waals surface area contributed by atoms with Crippen LogP contribution in [-0.4, -0.2) is 113 Å². The van der Waals surface area contributed by atoms with Gasteiger partial charge in [0.2, 0.25) is 29.0 Å². The van der Waals surface area contributed by atoms with Crippen molar-refractivity contribution < 1.29 is 75.7 Å². The Labute approximate surface area is 472 Å². The van der Waals surface area contributed by atoms with Crippen LogP contribution in [0.4, 0.5) is 22.7 Å². The van der Waals surface area contributed by atoms with Crippen LogP contribution < -0.4 is 15.1 Å². The Hall–Kier alpha value is -6.90. The van der Waals surface area contributed by atoms with Gasteiger partial charge in [0.25, 0.3) is 0 Å². The van der Waals surface area contributed by atoms with E-state index in [1.54, 1.807) is 109 Å². The van der Waals surface area contributed by atoms with E-state index in [1.165, 1.54) is 19.0 Å². The average molecular weight is 1180 g/mol. The molecule has 0 saturated heterocycles. The molecule has 4 aliphatic rings. The second-order valence-electron chi connectivity index (χ2n) is 22.5. The molecule has 4 aromatic carbocycles. The Morgan fingerprint density at radius 3 is 1.49 bits per heavy atom. The molecule has 0 saturated carbocycles. The molecule has 0 atom stereocenters. The number of carbonyl (C=O) groups is 2. The number of carbonyl (C=O) groups excluding carboxylic acids is 1. The highest BCUT2D eigenvalue weighted by molar-refractivity contribution is 7.86. The molecule has 430 valence electrons. The number of carboxylic acid groups (broad SMARTS) is 1. The molecule has 2 N–H and O–H groups in total. The summed E-state index contributed by atoms with van der Waals surface area (Å²) >= 11 is 0. The number of nitrogens with one attached hydrogen (secondary N) is 1. The number of para-hydroxylation sites is 1. The zero-order chi connectivity index (χ0) is 59.6. The first-order chi connectivity index (χ1) is 37.4. The second kappa shape index (κ2) is 21.5. The number of rotatable bonds is 19. The molecule has 4 heterocycles. The van der Waals surface area contributed by atoms with Gasteiger partial charge >= 0.3 is 5.97 Å². The third-order valence-corrected chi connectivity index (χ3v) is 17.6. The Kier molecular flexibility index (Phi) is 15.9. The molecule has 0 unspecified atom stereocenters. The van der Waals surface area contributed by atoms with Gasteiger partial charge in [-0.25, -0.2) is 33.7 Å². The zero-order valence-electron chi connectivity index (χ0n) is 45.7. The molecule has 0 spiro atoms. The summed E-state index contributed by atoms with van der Waals surface area (Å²) in [4.78, 5) is 27.9.